The highest BCUT2D eigenvalue weighted by Gasteiger charge is 2.42. The summed E-state index contributed by atoms with van der Waals surface area (Å²) in [6.45, 7) is 1.17. The third kappa shape index (κ3) is 2.49. The fourth-order valence-corrected chi connectivity index (χ4v) is 2.40. The maximum atomic E-state index is 12.7. The normalized spacial score (nSPS) is 23.5. The molecule has 1 N–H and O–H groups in total. The number of hydrogen-bond acceptors (Lipinski definition) is 4. The van der Waals surface area contributed by atoms with E-state index in [0.29, 0.717) is 0 Å². The smallest absolute Gasteiger partial charge is 0.326 e. The number of aliphatic carboxylic acids is 1. The summed E-state index contributed by atoms with van der Waals surface area (Å²) in [5.41, 5.74) is 0. The number of hydrogen-bond donors (Lipinski definition) is 1. The monoisotopic (exact) mass is 253 g/mol. The van der Waals surface area contributed by atoms with Crippen LogP contribution in [0.4, 0.5) is 3.89 Å². The van der Waals surface area contributed by atoms with E-state index in [0.717, 1.165) is 4.90 Å². The Bertz CT molecular complexity index is 407. The van der Waals surface area contributed by atoms with Crippen molar-refractivity contribution in [2.45, 2.75) is 31.1 Å². The van der Waals surface area contributed by atoms with Gasteiger partial charge in [-0.3, -0.25) is 4.79 Å². The summed E-state index contributed by atoms with van der Waals surface area (Å²) >= 11 is 0. The molecule has 1 aliphatic rings. The zero-order valence-electron chi connectivity index (χ0n) is 8.59. The van der Waals surface area contributed by atoms with Crippen molar-refractivity contribution in [3.8, 4) is 0 Å². The van der Waals surface area contributed by atoms with Gasteiger partial charge in [-0.25, -0.2) is 4.79 Å². The van der Waals surface area contributed by atoms with Gasteiger partial charge in [0.2, 0.25) is 5.91 Å². The summed E-state index contributed by atoms with van der Waals surface area (Å²) in [5.74, 6) is -1.85. The second-order valence-corrected chi connectivity index (χ2v) is 5.23. The third-order valence-electron chi connectivity index (χ3n) is 2.57. The van der Waals surface area contributed by atoms with Crippen molar-refractivity contribution in [2.24, 2.45) is 0 Å². The Hall–Kier alpha value is -1.18. The highest BCUT2D eigenvalue weighted by atomic mass is 32.3. The predicted octanol–water partition coefficient (Wildman–Crippen LogP) is -0.250. The van der Waals surface area contributed by atoms with Gasteiger partial charge in [-0.2, -0.15) is 8.42 Å². The molecule has 1 aliphatic heterocycles. The molecule has 1 unspecified atom stereocenters. The van der Waals surface area contributed by atoms with Gasteiger partial charge in [0.15, 0.2) is 0 Å². The zero-order valence-corrected chi connectivity index (χ0v) is 9.41. The van der Waals surface area contributed by atoms with E-state index in [1.807, 2.05) is 0 Å². The summed E-state index contributed by atoms with van der Waals surface area (Å²) in [6, 6.07) is -1.08. The van der Waals surface area contributed by atoms with E-state index in [2.05, 4.69) is 0 Å². The first-order chi connectivity index (χ1) is 7.27. The quantitative estimate of drug-likeness (QED) is 0.697. The standard InChI is InChI=1S/C8H12FNO5S/c1-2-6(8(12)13)10-4-5(3-7(10)11)16(9,14)15/h5-6H,2-4H2,1H3,(H,12,13)/t5?,6-/m0/s1. The van der Waals surface area contributed by atoms with Gasteiger partial charge in [0.1, 0.15) is 11.3 Å². The summed E-state index contributed by atoms with van der Waals surface area (Å²) in [4.78, 5) is 23.1. The van der Waals surface area contributed by atoms with Crippen LogP contribution in [0.1, 0.15) is 19.8 Å². The van der Waals surface area contributed by atoms with Crippen LogP contribution in [0.25, 0.3) is 0 Å². The second-order valence-electron chi connectivity index (χ2n) is 3.61. The molecule has 6 nitrogen and oxygen atoms in total. The molecule has 1 fully saturated rings. The minimum Gasteiger partial charge on any atom is -0.480 e. The molecule has 92 valence electrons. The summed E-state index contributed by atoms with van der Waals surface area (Å²) in [5, 5.41) is 7.37. The number of carbonyl (C=O) groups excluding carboxylic acids is 1. The molecule has 0 saturated carbocycles. The van der Waals surface area contributed by atoms with Gasteiger partial charge in [-0.05, 0) is 6.42 Å². The van der Waals surface area contributed by atoms with Gasteiger partial charge >= 0.3 is 16.2 Å². The molecule has 1 amide bonds. The fourth-order valence-electron chi connectivity index (χ4n) is 1.72. The van der Waals surface area contributed by atoms with Crippen molar-refractivity contribution < 1.29 is 27.0 Å². The molecular weight excluding hydrogens is 241 g/mol. The lowest BCUT2D eigenvalue weighted by molar-refractivity contribution is -0.148. The summed E-state index contributed by atoms with van der Waals surface area (Å²) < 4.78 is 33.9. The number of likely N-dealkylation sites (tertiary alicyclic amines) is 1. The van der Waals surface area contributed by atoms with Crippen LogP contribution in [-0.2, 0) is 19.8 Å². The number of carboxylic acids is 1. The van der Waals surface area contributed by atoms with Crippen LogP contribution >= 0.6 is 0 Å². The van der Waals surface area contributed by atoms with Crippen molar-refractivity contribution in [1.29, 1.82) is 0 Å². The number of carbonyl (C=O) groups is 2. The number of amides is 1. The van der Waals surface area contributed by atoms with Crippen molar-refractivity contribution in [3.05, 3.63) is 0 Å². The van der Waals surface area contributed by atoms with E-state index in [4.69, 9.17) is 5.11 Å². The number of nitrogens with zero attached hydrogens (tertiary/aromatic N) is 1. The van der Waals surface area contributed by atoms with E-state index in [1.165, 1.54) is 0 Å². The lowest BCUT2D eigenvalue weighted by Crippen LogP contribution is -2.42. The van der Waals surface area contributed by atoms with E-state index >= 15 is 0 Å². The van der Waals surface area contributed by atoms with Crippen LogP contribution in [-0.4, -0.2) is 48.1 Å². The lowest BCUT2D eigenvalue weighted by Gasteiger charge is -2.22. The second kappa shape index (κ2) is 4.36. The summed E-state index contributed by atoms with van der Waals surface area (Å²) in [6.07, 6.45) is -0.331. The van der Waals surface area contributed by atoms with Gasteiger partial charge in [0.25, 0.3) is 0 Å². The van der Waals surface area contributed by atoms with E-state index < -0.39 is 39.8 Å². The van der Waals surface area contributed by atoms with E-state index in [-0.39, 0.29) is 13.0 Å². The number of carboxylic acid groups (broad SMARTS) is 1. The molecule has 0 spiro atoms. The van der Waals surface area contributed by atoms with Crippen LogP contribution in [0.5, 0.6) is 0 Å². The maximum absolute atomic E-state index is 12.7. The maximum Gasteiger partial charge on any atom is 0.326 e. The van der Waals surface area contributed by atoms with Crippen LogP contribution in [0.3, 0.4) is 0 Å². The number of rotatable bonds is 4. The van der Waals surface area contributed by atoms with Crippen molar-refractivity contribution >= 4 is 22.1 Å². The average molecular weight is 253 g/mol. The molecule has 0 aromatic rings. The molecule has 0 bridgehead atoms. The molecule has 16 heavy (non-hydrogen) atoms. The Kier molecular flexibility index (Phi) is 3.51. The first kappa shape index (κ1) is 12.9. The third-order valence-corrected chi connectivity index (χ3v) is 3.68. The Morgan fingerprint density at radius 1 is 1.69 bits per heavy atom. The fraction of sp³-hybridized carbons (Fsp3) is 0.750. The zero-order chi connectivity index (χ0) is 12.5. The highest BCUT2D eigenvalue weighted by Crippen LogP contribution is 2.22. The minimum absolute atomic E-state index is 0.153. The van der Waals surface area contributed by atoms with E-state index in [9.17, 15) is 21.9 Å². The predicted molar refractivity (Wildman–Crippen MR) is 51.9 cm³/mol. The van der Waals surface area contributed by atoms with Crippen molar-refractivity contribution in [2.75, 3.05) is 6.54 Å². The molecule has 0 aromatic carbocycles. The van der Waals surface area contributed by atoms with Gasteiger partial charge in [0.05, 0.1) is 0 Å². The van der Waals surface area contributed by atoms with Gasteiger partial charge < -0.3 is 10.0 Å². The van der Waals surface area contributed by atoms with E-state index in [1.54, 1.807) is 6.92 Å². The van der Waals surface area contributed by atoms with Crippen molar-refractivity contribution in [1.82, 2.24) is 4.90 Å². The minimum atomic E-state index is -4.79. The van der Waals surface area contributed by atoms with Crippen LogP contribution in [0.2, 0.25) is 0 Å². The molecule has 1 rings (SSSR count). The van der Waals surface area contributed by atoms with Crippen LogP contribution < -0.4 is 0 Å². The van der Waals surface area contributed by atoms with Crippen molar-refractivity contribution in [3.63, 3.8) is 0 Å². The summed E-state index contributed by atoms with van der Waals surface area (Å²) in [7, 11) is -4.79. The first-order valence-corrected chi connectivity index (χ1v) is 6.17. The SMILES string of the molecule is CC[C@@H](C(=O)O)N1CC(S(=O)(=O)F)CC1=O. The topological polar surface area (TPSA) is 91.8 Å². The Balaban J connectivity index is 2.86. The first-order valence-electron chi connectivity index (χ1n) is 4.73. The van der Waals surface area contributed by atoms with Crippen LogP contribution in [0.15, 0.2) is 0 Å². The molecule has 8 heteroatoms. The highest BCUT2D eigenvalue weighted by molar-refractivity contribution is 7.87. The molecule has 1 heterocycles. The molecule has 2 atom stereocenters. The Labute approximate surface area is 92.3 Å². The van der Waals surface area contributed by atoms with Gasteiger partial charge in [0, 0.05) is 13.0 Å². The lowest BCUT2D eigenvalue weighted by atomic mass is 10.2. The van der Waals surface area contributed by atoms with Gasteiger partial charge in [-0.1, -0.05) is 6.92 Å². The molecule has 0 radical (unpaired) electrons. The average Bonchev–Trinajstić information content (AvgIpc) is 2.48. The Morgan fingerprint density at radius 2 is 2.25 bits per heavy atom. The van der Waals surface area contributed by atoms with Crippen LogP contribution in [0, 0.1) is 0 Å². The number of halogens is 1. The van der Waals surface area contributed by atoms with Gasteiger partial charge in [-0.15, -0.1) is 3.89 Å². The molecule has 0 aromatic heterocycles. The molecule has 1 saturated heterocycles. The Morgan fingerprint density at radius 3 is 2.56 bits per heavy atom. The largest absolute Gasteiger partial charge is 0.480 e. The molecule has 0 aliphatic carbocycles. The molecular formula is C8H12FNO5S.